The SMILES string of the molecule is C=C/C=C(/N1CCN(C(=O)CNCCC)CC1)N(C)C(C)(C)/C=C(\C)F. The number of nitrogens with one attached hydrogen (secondary N) is 1. The fourth-order valence-corrected chi connectivity index (χ4v) is 3.08. The van der Waals surface area contributed by atoms with Crippen molar-refractivity contribution in [2.75, 3.05) is 46.3 Å². The predicted molar refractivity (Wildman–Crippen MR) is 106 cm³/mol. The molecule has 0 aromatic rings. The quantitative estimate of drug-likeness (QED) is 0.503. The van der Waals surface area contributed by atoms with Crippen LogP contribution in [0.15, 0.2) is 36.5 Å². The Kier molecular flexibility index (Phi) is 8.85. The third kappa shape index (κ3) is 6.48. The Morgan fingerprint density at radius 3 is 2.35 bits per heavy atom. The van der Waals surface area contributed by atoms with Crippen LogP contribution in [-0.2, 0) is 4.79 Å². The minimum absolute atomic E-state index is 0.150. The third-order valence-electron chi connectivity index (χ3n) is 4.69. The molecule has 0 bridgehead atoms. The van der Waals surface area contributed by atoms with Crippen LogP contribution in [0.4, 0.5) is 4.39 Å². The van der Waals surface area contributed by atoms with Crippen molar-refractivity contribution in [2.24, 2.45) is 0 Å². The van der Waals surface area contributed by atoms with E-state index in [1.165, 1.54) is 6.92 Å². The number of piperazine rings is 1. The van der Waals surface area contributed by atoms with Gasteiger partial charge in [-0.1, -0.05) is 19.6 Å². The highest BCUT2D eigenvalue weighted by atomic mass is 19.1. The minimum Gasteiger partial charge on any atom is -0.355 e. The lowest BCUT2D eigenvalue weighted by Gasteiger charge is -2.44. The first kappa shape index (κ1) is 22.2. The Labute approximate surface area is 158 Å². The van der Waals surface area contributed by atoms with Crippen molar-refractivity contribution in [3.63, 3.8) is 0 Å². The molecule has 0 atom stereocenters. The van der Waals surface area contributed by atoms with Crippen molar-refractivity contribution in [1.29, 1.82) is 0 Å². The maximum absolute atomic E-state index is 13.4. The molecule has 0 aromatic carbocycles. The minimum atomic E-state index is -0.468. The Morgan fingerprint density at radius 2 is 1.85 bits per heavy atom. The first-order valence-corrected chi connectivity index (χ1v) is 9.38. The molecule has 0 unspecified atom stereocenters. The zero-order valence-electron chi connectivity index (χ0n) is 17.0. The topological polar surface area (TPSA) is 38.8 Å². The summed E-state index contributed by atoms with van der Waals surface area (Å²) in [6.07, 6.45) is 6.33. The number of hydrogen-bond donors (Lipinski definition) is 1. The van der Waals surface area contributed by atoms with Crippen molar-refractivity contribution in [3.05, 3.63) is 36.5 Å². The second-order valence-electron chi connectivity index (χ2n) is 7.25. The van der Waals surface area contributed by atoms with Crippen LogP contribution in [0.1, 0.15) is 34.1 Å². The molecule has 0 spiro atoms. The fourth-order valence-electron chi connectivity index (χ4n) is 3.08. The molecular formula is C20H35FN4O. The van der Waals surface area contributed by atoms with Gasteiger partial charge in [0.05, 0.1) is 17.9 Å². The molecule has 0 saturated carbocycles. The van der Waals surface area contributed by atoms with Gasteiger partial charge in [0.2, 0.25) is 5.91 Å². The zero-order chi connectivity index (χ0) is 19.7. The van der Waals surface area contributed by atoms with Crippen LogP contribution in [0.2, 0.25) is 0 Å². The van der Waals surface area contributed by atoms with E-state index in [0.717, 1.165) is 31.9 Å². The van der Waals surface area contributed by atoms with E-state index in [4.69, 9.17) is 0 Å². The van der Waals surface area contributed by atoms with Crippen LogP contribution in [0, 0.1) is 0 Å². The Bertz CT molecular complexity index is 530. The van der Waals surface area contributed by atoms with Gasteiger partial charge < -0.3 is 20.0 Å². The van der Waals surface area contributed by atoms with Crippen molar-refractivity contribution in [1.82, 2.24) is 20.0 Å². The first-order chi connectivity index (χ1) is 12.2. The molecule has 1 aliphatic heterocycles. The molecular weight excluding hydrogens is 331 g/mol. The van der Waals surface area contributed by atoms with Crippen LogP contribution in [0.3, 0.4) is 0 Å². The average molecular weight is 367 g/mol. The summed E-state index contributed by atoms with van der Waals surface area (Å²) in [4.78, 5) is 18.4. The van der Waals surface area contributed by atoms with Gasteiger partial charge in [0.25, 0.3) is 0 Å². The van der Waals surface area contributed by atoms with Gasteiger partial charge in [0.1, 0.15) is 5.82 Å². The standard InChI is InChI=1S/C20H35FN4O/c1-7-9-18(23(6)20(4,5)15-17(3)21)24-11-13-25(14-12-24)19(26)16-22-10-8-2/h7,9,15,22H,1,8,10-14,16H2,2-6H3/b17-15+,18-9+. The maximum Gasteiger partial charge on any atom is 0.236 e. The Balaban J connectivity index is 2.74. The molecule has 6 heteroatoms. The van der Waals surface area contributed by atoms with E-state index in [2.05, 4.69) is 28.6 Å². The largest absolute Gasteiger partial charge is 0.355 e. The van der Waals surface area contributed by atoms with E-state index < -0.39 is 5.54 Å². The van der Waals surface area contributed by atoms with Crippen LogP contribution in [0.25, 0.3) is 0 Å². The number of hydrogen-bond acceptors (Lipinski definition) is 4. The summed E-state index contributed by atoms with van der Waals surface area (Å²) in [5, 5.41) is 3.16. The van der Waals surface area contributed by atoms with E-state index in [9.17, 15) is 9.18 Å². The average Bonchev–Trinajstić information content (AvgIpc) is 2.58. The number of amides is 1. The van der Waals surface area contributed by atoms with Crippen LogP contribution in [-0.4, -0.2) is 72.5 Å². The Morgan fingerprint density at radius 1 is 1.27 bits per heavy atom. The van der Waals surface area contributed by atoms with Crippen molar-refractivity contribution in [3.8, 4) is 0 Å². The second-order valence-corrected chi connectivity index (χ2v) is 7.25. The molecule has 1 heterocycles. The molecule has 1 rings (SSSR count). The van der Waals surface area contributed by atoms with Gasteiger partial charge in [-0.25, -0.2) is 4.39 Å². The van der Waals surface area contributed by atoms with Crippen molar-refractivity contribution in [2.45, 2.75) is 39.7 Å². The molecule has 1 N–H and O–H groups in total. The molecule has 1 aliphatic rings. The summed E-state index contributed by atoms with van der Waals surface area (Å²) >= 11 is 0. The highest BCUT2D eigenvalue weighted by Crippen LogP contribution is 2.24. The zero-order valence-corrected chi connectivity index (χ0v) is 17.0. The molecule has 1 fully saturated rings. The van der Waals surface area contributed by atoms with Gasteiger partial charge in [-0.05, 0) is 45.9 Å². The van der Waals surface area contributed by atoms with E-state index in [0.29, 0.717) is 19.6 Å². The third-order valence-corrected chi connectivity index (χ3v) is 4.69. The molecule has 1 amide bonds. The van der Waals surface area contributed by atoms with Crippen LogP contribution < -0.4 is 5.32 Å². The lowest BCUT2D eigenvalue weighted by atomic mass is 10.0. The molecule has 0 aliphatic carbocycles. The monoisotopic (exact) mass is 366 g/mol. The van der Waals surface area contributed by atoms with Crippen molar-refractivity contribution >= 4 is 5.91 Å². The summed E-state index contributed by atoms with van der Waals surface area (Å²) in [7, 11) is 1.96. The smallest absolute Gasteiger partial charge is 0.236 e. The summed E-state index contributed by atoms with van der Waals surface area (Å²) in [5.74, 6) is 0.936. The number of likely N-dealkylation sites (N-methyl/N-ethyl adjacent to an activating group) is 1. The number of carbonyl (C=O) groups excluding carboxylic acids is 1. The van der Waals surface area contributed by atoms with Crippen LogP contribution in [0.5, 0.6) is 0 Å². The second kappa shape index (κ2) is 10.4. The summed E-state index contributed by atoms with van der Waals surface area (Å²) in [5.41, 5.74) is -0.468. The van der Waals surface area contributed by atoms with Gasteiger partial charge in [0.15, 0.2) is 0 Å². The van der Waals surface area contributed by atoms with E-state index in [-0.39, 0.29) is 11.7 Å². The van der Waals surface area contributed by atoms with Gasteiger partial charge in [-0.2, -0.15) is 0 Å². The van der Waals surface area contributed by atoms with E-state index in [1.807, 2.05) is 31.9 Å². The highest BCUT2D eigenvalue weighted by molar-refractivity contribution is 5.78. The Hall–Kier alpha value is -1.82. The maximum atomic E-state index is 13.4. The number of carbonyl (C=O) groups is 1. The summed E-state index contributed by atoms with van der Waals surface area (Å²) < 4.78 is 13.4. The summed E-state index contributed by atoms with van der Waals surface area (Å²) in [6, 6.07) is 0. The lowest BCUT2D eigenvalue weighted by molar-refractivity contribution is -0.131. The first-order valence-electron chi connectivity index (χ1n) is 9.38. The number of halogens is 1. The molecule has 1 saturated heterocycles. The molecule has 0 radical (unpaired) electrons. The highest BCUT2D eigenvalue weighted by Gasteiger charge is 2.29. The van der Waals surface area contributed by atoms with Gasteiger partial charge >= 0.3 is 0 Å². The van der Waals surface area contributed by atoms with E-state index >= 15 is 0 Å². The number of rotatable bonds is 9. The van der Waals surface area contributed by atoms with Crippen molar-refractivity contribution < 1.29 is 9.18 Å². The van der Waals surface area contributed by atoms with Gasteiger partial charge in [-0.3, -0.25) is 4.79 Å². The van der Waals surface area contributed by atoms with Gasteiger partial charge in [-0.15, -0.1) is 0 Å². The molecule has 26 heavy (non-hydrogen) atoms. The lowest BCUT2D eigenvalue weighted by Crippen LogP contribution is -2.53. The summed E-state index contributed by atoms with van der Waals surface area (Å²) in [6.45, 7) is 15.4. The predicted octanol–water partition coefficient (Wildman–Crippen LogP) is 2.74. The molecule has 0 aromatic heterocycles. The molecule has 148 valence electrons. The van der Waals surface area contributed by atoms with Crippen LogP contribution >= 0.6 is 0 Å². The number of nitrogens with zero attached hydrogens (tertiary/aromatic N) is 3. The normalized spacial score (nSPS) is 16.7. The van der Waals surface area contributed by atoms with Gasteiger partial charge in [0, 0.05) is 33.2 Å². The molecule has 5 nitrogen and oxygen atoms in total. The van der Waals surface area contributed by atoms with E-state index in [1.54, 1.807) is 12.2 Å². The fraction of sp³-hybridized carbons (Fsp3) is 0.650. The number of allylic oxidation sites excluding steroid dienone is 3.